The first kappa shape index (κ1) is 14.5. The van der Waals surface area contributed by atoms with Crippen molar-refractivity contribution in [2.45, 2.75) is 0 Å². The van der Waals surface area contributed by atoms with Gasteiger partial charge in [-0.1, -0.05) is 12.1 Å². The molecule has 0 saturated heterocycles. The molecule has 4 nitrogen and oxygen atoms in total. The zero-order chi connectivity index (χ0) is 16.7. The lowest BCUT2D eigenvalue weighted by Crippen LogP contribution is -2.05. The summed E-state index contributed by atoms with van der Waals surface area (Å²) in [6, 6.07) is 11.9. The standard InChI is InChI=1S/C19H14FNO3/c1-23-14-4-2-3-11(7-14)12-8-17(24-10-12)18-15-6-5-13(20)9-16(15)21-19(18)22/h2-9H,10H2,1H3,(H,21,22)/b18-17+. The molecule has 0 unspecified atom stereocenters. The Morgan fingerprint density at radius 2 is 2.08 bits per heavy atom. The number of allylic oxidation sites excluding steroid dienone is 1. The van der Waals surface area contributed by atoms with Gasteiger partial charge in [-0.3, -0.25) is 4.79 Å². The van der Waals surface area contributed by atoms with Gasteiger partial charge in [0.15, 0.2) is 0 Å². The van der Waals surface area contributed by atoms with E-state index in [-0.39, 0.29) is 11.7 Å². The molecule has 0 bridgehead atoms. The zero-order valence-corrected chi connectivity index (χ0v) is 12.9. The second-order valence-corrected chi connectivity index (χ2v) is 5.57. The number of halogens is 1. The Hall–Kier alpha value is -3.08. The molecule has 120 valence electrons. The minimum atomic E-state index is -0.389. The van der Waals surface area contributed by atoms with Gasteiger partial charge < -0.3 is 14.8 Å². The number of carbonyl (C=O) groups excluding carboxylic acids is 1. The van der Waals surface area contributed by atoms with Crippen molar-refractivity contribution >= 4 is 22.7 Å². The quantitative estimate of drug-likeness (QED) is 0.859. The summed E-state index contributed by atoms with van der Waals surface area (Å²) in [6.45, 7) is 0.371. The second-order valence-electron chi connectivity index (χ2n) is 5.57. The van der Waals surface area contributed by atoms with Gasteiger partial charge in [-0.05, 0) is 42.0 Å². The van der Waals surface area contributed by atoms with Crippen molar-refractivity contribution in [3.8, 4) is 5.75 Å². The highest BCUT2D eigenvalue weighted by atomic mass is 19.1. The number of rotatable bonds is 2. The SMILES string of the molecule is COc1cccc(C2=C/C(=C3\C(=O)Nc4cc(F)ccc43)OC2)c1. The van der Waals surface area contributed by atoms with E-state index in [2.05, 4.69) is 5.32 Å². The smallest absolute Gasteiger partial charge is 0.260 e. The molecule has 24 heavy (non-hydrogen) atoms. The minimum Gasteiger partial charge on any atom is -0.497 e. The van der Waals surface area contributed by atoms with E-state index in [1.807, 2.05) is 30.3 Å². The van der Waals surface area contributed by atoms with Gasteiger partial charge in [0.25, 0.3) is 5.91 Å². The molecular formula is C19H14FNO3. The molecule has 2 aliphatic rings. The van der Waals surface area contributed by atoms with Crippen LogP contribution in [0.4, 0.5) is 10.1 Å². The van der Waals surface area contributed by atoms with Crippen molar-refractivity contribution in [1.82, 2.24) is 0 Å². The van der Waals surface area contributed by atoms with Gasteiger partial charge in [-0.25, -0.2) is 4.39 Å². The van der Waals surface area contributed by atoms with Crippen molar-refractivity contribution < 1.29 is 18.7 Å². The average Bonchev–Trinajstić information content (AvgIpc) is 3.18. The number of amides is 1. The van der Waals surface area contributed by atoms with E-state index in [0.29, 0.717) is 29.2 Å². The molecule has 1 amide bonds. The van der Waals surface area contributed by atoms with Crippen LogP contribution >= 0.6 is 0 Å². The maximum atomic E-state index is 13.3. The van der Waals surface area contributed by atoms with Gasteiger partial charge in [0.05, 0.1) is 18.4 Å². The van der Waals surface area contributed by atoms with Crippen LogP contribution in [0.25, 0.3) is 11.1 Å². The molecule has 0 spiro atoms. The highest BCUT2D eigenvalue weighted by Crippen LogP contribution is 2.38. The summed E-state index contributed by atoms with van der Waals surface area (Å²) in [4.78, 5) is 12.3. The zero-order valence-electron chi connectivity index (χ0n) is 12.9. The molecule has 0 saturated carbocycles. The van der Waals surface area contributed by atoms with Crippen molar-refractivity contribution in [3.63, 3.8) is 0 Å². The predicted octanol–water partition coefficient (Wildman–Crippen LogP) is 3.61. The first-order valence-corrected chi connectivity index (χ1v) is 7.49. The number of anilines is 1. The molecule has 0 aliphatic carbocycles. The van der Waals surface area contributed by atoms with E-state index in [9.17, 15) is 9.18 Å². The van der Waals surface area contributed by atoms with E-state index >= 15 is 0 Å². The van der Waals surface area contributed by atoms with E-state index in [0.717, 1.165) is 16.9 Å². The third kappa shape index (κ3) is 2.34. The van der Waals surface area contributed by atoms with Gasteiger partial charge >= 0.3 is 0 Å². The van der Waals surface area contributed by atoms with Crippen LogP contribution in [0.3, 0.4) is 0 Å². The van der Waals surface area contributed by atoms with Gasteiger partial charge in [-0.2, -0.15) is 0 Å². The summed E-state index contributed by atoms with van der Waals surface area (Å²) >= 11 is 0. The van der Waals surface area contributed by atoms with Crippen molar-refractivity contribution in [2.75, 3.05) is 19.0 Å². The first-order chi connectivity index (χ1) is 11.7. The molecule has 2 aromatic carbocycles. The van der Waals surface area contributed by atoms with E-state index < -0.39 is 0 Å². The van der Waals surface area contributed by atoms with Crippen LogP contribution < -0.4 is 10.1 Å². The fraction of sp³-hybridized carbons (Fsp3) is 0.105. The number of hydrogen-bond donors (Lipinski definition) is 1. The summed E-state index contributed by atoms with van der Waals surface area (Å²) in [5.74, 6) is 0.582. The van der Waals surface area contributed by atoms with Gasteiger partial charge in [0.2, 0.25) is 0 Å². The Kier molecular flexibility index (Phi) is 3.34. The molecule has 2 heterocycles. The van der Waals surface area contributed by atoms with Gasteiger partial charge in [0, 0.05) is 11.1 Å². The predicted molar refractivity (Wildman–Crippen MR) is 88.9 cm³/mol. The molecule has 5 heteroatoms. The lowest BCUT2D eigenvalue weighted by Gasteiger charge is -2.04. The monoisotopic (exact) mass is 323 g/mol. The number of hydrogen-bond acceptors (Lipinski definition) is 3. The summed E-state index contributed by atoms with van der Waals surface area (Å²) < 4.78 is 24.3. The lowest BCUT2D eigenvalue weighted by atomic mass is 10.0. The molecule has 1 N–H and O–H groups in total. The average molecular weight is 323 g/mol. The van der Waals surface area contributed by atoms with Crippen LogP contribution in [0.1, 0.15) is 11.1 Å². The summed E-state index contributed by atoms with van der Waals surface area (Å²) in [5.41, 5.74) is 3.49. The van der Waals surface area contributed by atoms with E-state index in [1.54, 1.807) is 13.2 Å². The van der Waals surface area contributed by atoms with E-state index in [1.165, 1.54) is 12.1 Å². The highest BCUT2D eigenvalue weighted by molar-refractivity contribution is 6.32. The first-order valence-electron chi connectivity index (χ1n) is 7.49. The topological polar surface area (TPSA) is 47.6 Å². The Morgan fingerprint density at radius 1 is 1.21 bits per heavy atom. The second kappa shape index (κ2) is 5.53. The fourth-order valence-electron chi connectivity index (χ4n) is 2.92. The Morgan fingerprint density at radius 3 is 2.92 bits per heavy atom. The fourth-order valence-corrected chi connectivity index (χ4v) is 2.92. The van der Waals surface area contributed by atoms with Crippen LogP contribution in [-0.2, 0) is 9.53 Å². The summed E-state index contributed by atoms with van der Waals surface area (Å²) in [5, 5.41) is 2.67. The van der Waals surface area contributed by atoms with Crippen molar-refractivity contribution in [1.29, 1.82) is 0 Å². The minimum absolute atomic E-state index is 0.284. The lowest BCUT2D eigenvalue weighted by molar-refractivity contribution is -0.110. The van der Waals surface area contributed by atoms with Crippen molar-refractivity contribution in [2.24, 2.45) is 0 Å². The molecule has 2 aromatic rings. The Balaban J connectivity index is 1.77. The largest absolute Gasteiger partial charge is 0.497 e. The summed E-state index contributed by atoms with van der Waals surface area (Å²) in [6.07, 6.45) is 1.85. The third-order valence-corrected chi connectivity index (χ3v) is 4.10. The molecular weight excluding hydrogens is 309 g/mol. The summed E-state index contributed by atoms with van der Waals surface area (Å²) in [7, 11) is 1.62. The van der Waals surface area contributed by atoms with Crippen LogP contribution in [0.2, 0.25) is 0 Å². The van der Waals surface area contributed by atoms with Crippen LogP contribution in [0.5, 0.6) is 5.75 Å². The number of benzene rings is 2. The Labute approximate surface area is 138 Å². The van der Waals surface area contributed by atoms with Crippen LogP contribution in [0.15, 0.2) is 54.3 Å². The number of ether oxygens (including phenoxy) is 2. The maximum absolute atomic E-state index is 13.3. The van der Waals surface area contributed by atoms with Crippen LogP contribution in [-0.4, -0.2) is 19.6 Å². The van der Waals surface area contributed by atoms with Crippen molar-refractivity contribution in [3.05, 3.63) is 71.2 Å². The van der Waals surface area contributed by atoms with Gasteiger partial charge in [0.1, 0.15) is 23.9 Å². The number of fused-ring (bicyclic) bond motifs is 1. The third-order valence-electron chi connectivity index (χ3n) is 4.10. The number of nitrogens with one attached hydrogen (secondary N) is 1. The molecule has 0 fully saturated rings. The Bertz CT molecular complexity index is 915. The molecule has 0 atom stereocenters. The highest BCUT2D eigenvalue weighted by Gasteiger charge is 2.30. The normalized spacial score (nSPS) is 18.8. The molecule has 2 aliphatic heterocycles. The number of methoxy groups -OCH3 is 1. The molecule has 0 radical (unpaired) electrons. The molecule has 4 rings (SSSR count). The van der Waals surface area contributed by atoms with Crippen LogP contribution in [0, 0.1) is 5.82 Å². The molecule has 0 aromatic heterocycles. The van der Waals surface area contributed by atoms with Gasteiger partial charge in [-0.15, -0.1) is 0 Å². The van der Waals surface area contributed by atoms with E-state index in [4.69, 9.17) is 9.47 Å². The number of carbonyl (C=O) groups is 1. The maximum Gasteiger partial charge on any atom is 0.260 e.